The van der Waals surface area contributed by atoms with Crippen LogP contribution < -0.4 is 4.74 Å². The zero-order valence-corrected chi connectivity index (χ0v) is 17.5. The molecule has 3 rings (SSSR count). The van der Waals surface area contributed by atoms with Crippen LogP contribution in [0.15, 0.2) is 61.2 Å². The Balaban J connectivity index is 2.02. The Morgan fingerprint density at radius 3 is 2.07 bits per heavy atom. The van der Waals surface area contributed by atoms with E-state index < -0.39 is 17.4 Å². The lowest BCUT2D eigenvalue weighted by molar-refractivity contribution is -0.0269. The first-order valence-electron chi connectivity index (χ1n) is 9.63. The molecule has 0 aliphatic carbocycles. The van der Waals surface area contributed by atoms with Crippen LogP contribution in [-0.4, -0.2) is 21.4 Å². The van der Waals surface area contributed by atoms with Crippen molar-refractivity contribution in [1.82, 2.24) is 9.97 Å². The first kappa shape index (κ1) is 20.9. The molecule has 0 fully saturated rings. The maximum absolute atomic E-state index is 13.0. The quantitative estimate of drug-likeness (QED) is 0.627. The standard InChI is InChI=1S/C24H27FN2O2/c1-16-12-19(18-6-9-21(10-7-18)29-17(2)25)8-11-22(16)24(28,23(3,4)5)20-13-26-15-27-14-20/h6-15,17,28H,1-5H3. The molecule has 2 aromatic carbocycles. The molecule has 0 aliphatic rings. The van der Waals surface area contributed by atoms with Gasteiger partial charge in [0.15, 0.2) is 0 Å². The molecule has 0 radical (unpaired) electrons. The summed E-state index contributed by atoms with van der Waals surface area (Å²) in [7, 11) is 0. The fraction of sp³-hybridized carbons (Fsp3) is 0.333. The second-order valence-corrected chi connectivity index (χ2v) is 8.30. The summed E-state index contributed by atoms with van der Waals surface area (Å²) >= 11 is 0. The Hall–Kier alpha value is -2.79. The highest BCUT2D eigenvalue weighted by Gasteiger charge is 2.44. The second kappa shape index (κ2) is 7.91. The summed E-state index contributed by atoms with van der Waals surface area (Å²) in [6.07, 6.45) is 3.44. The largest absolute Gasteiger partial charge is 0.461 e. The Bertz CT molecular complexity index is 966. The van der Waals surface area contributed by atoms with Crippen LogP contribution in [-0.2, 0) is 5.60 Å². The topological polar surface area (TPSA) is 55.2 Å². The first-order chi connectivity index (χ1) is 13.6. The Morgan fingerprint density at radius 2 is 1.55 bits per heavy atom. The van der Waals surface area contributed by atoms with Crippen molar-refractivity contribution >= 4 is 0 Å². The zero-order chi connectivity index (χ0) is 21.2. The summed E-state index contributed by atoms with van der Waals surface area (Å²) in [4.78, 5) is 8.21. The van der Waals surface area contributed by atoms with Crippen LogP contribution in [0, 0.1) is 12.3 Å². The third kappa shape index (κ3) is 4.15. The maximum atomic E-state index is 13.0. The van der Waals surface area contributed by atoms with Gasteiger partial charge in [-0.2, -0.15) is 0 Å². The minimum absolute atomic E-state index is 0.480. The highest BCUT2D eigenvalue weighted by Crippen LogP contribution is 2.45. The van der Waals surface area contributed by atoms with Crippen LogP contribution in [0.25, 0.3) is 11.1 Å². The van der Waals surface area contributed by atoms with E-state index in [4.69, 9.17) is 4.74 Å². The lowest BCUT2D eigenvalue weighted by Gasteiger charge is -2.41. The number of nitrogens with zero attached hydrogens (tertiary/aromatic N) is 2. The molecule has 2 unspecified atom stereocenters. The average molecular weight is 394 g/mol. The highest BCUT2D eigenvalue weighted by atomic mass is 19.1. The average Bonchev–Trinajstić information content (AvgIpc) is 2.67. The van der Waals surface area contributed by atoms with Crippen LogP contribution in [0.2, 0.25) is 0 Å². The third-order valence-electron chi connectivity index (χ3n) is 5.17. The van der Waals surface area contributed by atoms with Crippen molar-refractivity contribution in [2.75, 3.05) is 0 Å². The molecule has 2 atom stereocenters. The van der Waals surface area contributed by atoms with Gasteiger partial charge in [0.1, 0.15) is 17.7 Å². The van der Waals surface area contributed by atoms with Gasteiger partial charge in [-0.25, -0.2) is 14.4 Å². The van der Waals surface area contributed by atoms with Gasteiger partial charge in [-0.15, -0.1) is 0 Å². The number of hydrogen-bond donors (Lipinski definition) is 1. The van der Waals surface area contributed by atoms with Gasteiger partial charge in [0.25, 0.3) is 0 Å². The van der Waals surface area contributed by atoms with E-state index in [-0.39, 0.29) is 0 Å². The van der Waals surface area contributed by atoms with Gasteiger partial charge < -0.3 is 9.84 Å². The number of alkyl halides is 1. The summed E-state index contributed by atoms with van der Waals surface area (Å²) < 4.78 is 18.1. The van der Waals surface area contributed by atoms with Gasteiger partial charge in [-0.05, 0) is 46.7 Å². The van der Waals surface area contributed by atoms with Crippen molar-refractivity contribution in [1.29, 1.82) is 0 Å². The molecular formula is C24H27FN2O2. The Morgan fingerprint density at radius 1 is 0.966 bits per heavy atom. The number of ether oxygens (including phenoxy) is 1. The lowest BCUT2D eigenvalue weighted by atomic mass is 9.68. The number of aliphatic hydroxyl groups is 1. The van der Waals surface area contributed by atoms with E-state index in [1.807, 2.05) is 58.0 Å². The number of halogens is 1. The van der Waals surface area contributed by atoms with E-state index in [2.05, 4.69) is 9.97 Å². The number of rotatable bonds is 5. The van der Waals surface area contributed by atoms with Crippen molar-refractivity contribution in [3.8, 4) is 16.9 Å². The van der Waals surface area contributed by atoms with E-state index in [1.54, 1.807) is 24.5 Å². The van der Waals surface area contributed by atoms with Crippen molar-refractivity contribution in [2.24, 2.45) is 5.41 Å². The molecule has 0 aliphatic heterocycles. The summed E-state index contributed by atoms with van der Waals surface area (Å²) in [5.41, 5.74) is 2.70. The molecule has 0 saturated heterocycles. The number of hydrogen-bond acceptors (Lipinski definition) is 4. The normalized spacial score (nSPS) is 14.9. The number of benzene rings is 2. The van der Waals surface area contributed by atoms with Crippen molar-refractivity contribution in [2.45, 2.75) is 46.6 Å². The fourth-order valence-corrected chi connectivity index (χ4v) is 3.64. The fourth-order valence-electron chi connectivity index (χ4n) is 3.64. The predicted molar refractivity (Wildman–Crippen MR) is 112 cm³/mol. The molecule has 0 bridgehead atoms. The molecule has 152 valence electrons. The third-order valence-corrected chi connectivity index (χ3v) is 5.17. The molecule has 0 saturated carbocycles. The molecule has 5 heteroatoms. The van der Waals surface area contributed by atoms with Crippen LogP contribution in [0.1, 0.15) is 44.4 Å². The van der Waals surface area contributed by atoms with Gasteiger partial charge in [0, 0.05) is 24.9 Å². The van der Waals surface area contributed by atoms with Gasteiger partial charge >= 0.3 is 0 Å². The smallest absolute Gasteiger partial charge is 0.235 e. The molecule has 1 heterocycles. The first-order valence-corrected chi connectivity index (χ1v) is 9.63. The van der Waals surface area contributed by atoms with Crippen LogP contribution in [0.5, 0.6) is 5.75 Å². The summed E-state index contributed by atoms with van der Waals surface area (Å²) in [5, 5.41) is 11.8. The Kier molecular flexibility index (Phi) is 5.71. The molecule has 3 aromatic rings. The van der Waals surface area contributed by atoms with Crippen molar-refractivity contribution in [3.63, 3.8) is 0 Å². The van der Waals surface area contributed by atoms with Gasteiger partial charge in [-0.1, -0.05) is 51.1 Å². The van der Waals surface area contributed by atoms with Gasteiger partial charge in [0.05, 0.1) is 0 Å². The van der Waals surface area contributed by atoms with Gasteiger partial charge in [-0.3, -0.25) is 0 Å². The van der Waals surface area contributed by atoms with E-state index in [1.165, 1.54) is 13.3 Å². The lowest BCUT2D eigenvalue weighted by Crippen LogP contribution is -2.42. The SMILES string of the molecule is Cc1cc(-c2ccc(OC(C)F)cc2)ccc1C(O)(c1cncnc1)C(C)(C)C. The summed E-state index contributed by atoms with van der Waals surface area (Å²) in [6.45, 7) is 9.33. The molecule has 29 heavy (non-hydrogen) atoms. The van der Waals surface area contributed by atoms with Crippen molar-refractivity contribution < 1.29 is 14.2 Å². The summed E-state index contributed by atoms with van der Waals surface area (Å²) in [5.74, 6) is 0.489. The Labute approximate surface area is 171 Å². The maximum Gasteiger partial charge on any atom is 0.235 e. The monoisotopic (exact) mass is 394 g/mol. The van der Waals surface area contributed by atoms with Crippen LogP contribution >= 0.6 is 0 Å². The predicted octanol–water partition coefficient (Wildman–Crippen LogP) is 5.43. The van der Waals surface area contributed by atoms with Crippen molar-refractivity contribution in [3.05, 3.63) is 77.9 Å². The number of aryl methyl sites for hydroxylation is 1. The molecule has 0 amide bonds. The highest BCUT2D eigenvalue weighted by molar-refractivity contribution is 5.66. The van der Waals surface area contributed by atoms with Crippen LogP contribution in [0.3, 0.4) is 0 Å². The minimum atomic E-state index is -1.35. The molecule has 1 N–H and O–H groups in total. The molecular weight excluding hydrogens is 367 g/mol. The molecule has 4 nitrogen and oxygen atoms in total. The number of aromatic nitrogens is 2. The van der Waals surface area contributed by atoms with E-state index in [0.29, 0.717) is 11.3 Å². The summed E-state index contributed by atoms with van der Waals surface area (Å²) in [6, 6.07) is 13.3. The minimum Gasteiger partial charge on any atom is -0.461 e. The van der Waals surface area contributed by atoms with E-state index in [9.17, 15) is 9.50 Å². The molecule has 1 aromatic heterocycles. The second-order valence-electron chi connectivity index (χ2n) is 8.30. The van der Waals surface area contributed by atoms with E-state index in [0.717, 1.165) is 22.3 Å². The van der Waals surface area contributed by atoms with Crippen LogP contribution in [0.4, 0.5) is 4.39 Å². The molecule has 0 spiro atoms. The van der Waals surface area contributed by atoms with E-state index >= 15 is 0 Å². The van der Waals surface area contributed by atoms with Gasteiger partial charge in [0.2, 0.25) is 6.36 Å². The zero-order valence-electron chi connectivity index (χ0n) is 17.5.